The maximum atomic E-state index is 12.3. The fourth-order valence-electron chi connectivity index (χ4n) is 2.12. The van der Waals surface area contributed by atoms with Gasteiger partial charge in [0, 0.05) is 11.5 Å². The van der Waals surface area contributed by atoms with Gasteiger partial charge >= 0.3 is 5.63 Å². The summed E-state index contributed by atoms with van der Waals surface area (Å²) in [5, 5.41) is 22.3. The fraction of sp³-hybridized carbons (Fsp3) is 0. The molecule has 122 valence electrons. The molecule has 1 aromatic carbocycles. The minimum atomic E-state index is -0.943. The molecule has 1 amide bonds. The van der Waals surface area contributed by atoms with E-state index in [2.05, 4.69) is 10.3 Å². The quantitative estimate of drug-likeness (QED) is 0.439. The van der Waals surface area contributed by atoms with Crippen LogP contribution in [0.5, 0.6) is 0 Å². The van der Waals surface area contributed by atoms with Crippen molar-refractivity contribution in [2.24, 2.45) is 0 Å². The Morgan fingerprint density at radius 3 is 2.80 bits per heavy atom. The molecule has 0 aliphatic heterocycles. The summed E-state index contributed by atoms with van der Waals surface area (Å²) in [7, 11) is 0. The molecule has 3 aromatic rings. The molecular formula is C16H8N4O5. The van der Waals surface area contributed by atoms with Gasteiger partial charge in [-0.2, -0.15) is 5.26 Å². The first kappa shape index (κ1) is 15.8. The number of fused-ring (bicyclic) bond motifs is 1. The van der Waals surface area contributed by atoms with Gasteiger partial charge in [-0.25, -0.2) is 9.78 Å². The maximum Gasteiger partial charge on any atom is 0.349 e. The number of carbonyl (C=O) groups is 1. The first-order chi connectivity index (χ1) is 12.0. The smallest absolute Gasteiger partial charge is 0.349 e. The van der Waals surface area contributed by atoms with Gasteiger partial charge in [-0.05, 0) is 24.3 Å². The lowest BCUT2D eigenvalue weighted by Gasteiger charge is -2.04. The number of rotatable bonds is 3. The highest BCUT2D eigenvalue weighted by molar-refractivity contribution is 6.05. The third kappa shape index (κ3) is 3.18. The molecule has 0 spiro atoms. The molecule has 25 heavy (non-hydrogen) atoms. The number of benzene rings is 1. The Morgan fingerprint density at radius 2 is 2.08 bits per heavy atom. The van der Waals surface area contributed by atoms with Crippen LogP contribution in [0.4, 0.5) is 11.5 Å². The zero-order valence-corrected chi connectivity index (χ0v) is 12.4. The highest BCUT2D eigenvalue weighted by atomic mass is 16.6. The topological polar surface area (TPSA) is 139 Å². The second-order valence-electron chi connectivity index (χ2n) is 4.90. The Bertz CT molecular complexity index is 1110. The predicted octanol–water partition coefficient (Wildman–Crippen LogP) is 2.22. The van der Waals surface area contributed by atoms with Gasteiger partial charge in [0.15, 0.2) is 0 Å². The first-order valence-electron chi connectivity index (χ1n) is 6.89. The van der Waals surface area contributed by atoms with Crippen LogP contribution in [0.2, 0.25) is 0 Å². The van der Waals surface area contributed by atoms with Crippen LogP contribution in [0.25, 0.3) is 11.0 Å². The highest BCUT2D eigenvalue weighted by Crippen LogP contribution is 2.20. The number of hydrogen-bond donors (Lipinski definition) is 1. The van der Waals surface area contributed by atoms with Crippen molar-refractivity contribution in [3.63, 3.8) is 0 Å². The van der Waals surface area contributed by atoms with Gasteiger partial charge in [0.05, 0.1) is 11.0 Å². The molecule has 0 aliphatic rings. The van der Waals surface area contributed by atoms with E-state index in [0.717, 1.165) is 6.07 Å². The summed E-state index contributed by atoms with van der Waals surface area (Å²) < 4.78 is 4.99. The van der Waals surface area contributed by atoms with E-state index in [1.807, 2.05) is 6.07 Å². The largest absolute Gasteiger partial charge is 0.422 e. The van der Waals surface area contributed by atoms with Crippen LogP contribution in [0.15, 0.2) is 51.7 Å². The van der Waals surface area contributed by atoms with Crippen LogP contribution >= 0.6 is 0 Å². The summed E-state index contributed by atoms with van der Waals surface area (Å²) in [6.45, 7) is 0. The number of anilines is 1. The number of amides is 1. The average molecular weight is 336 g/mol. The summed E-state index contributed by atoms with van der Waals surface area (Å²) in [5.74, 6) is -0.663. The molecule has 9 heteroatoms. The van der Waals surface area contributed by atoms with E-state index in [1.165, 1.54) is 36.4 Å². The monoisotopic (exact) mass is 336 g/mol. The molecule has 0 unspecified atom stereocenters. The number of nitriles is 1. The minimum absolute atomic E-state index is 0.000327. The second-order valence-corrected chi connectivity index (χ2v) is 4.90. The van der Waals surface area contributed by atoms with Crippen molar-refractivity contribution in [1.29, 1.82) is 5.26 Å². The van der Waals surface area contributed by atoms with Crippen LogP contribution < -0.4 is 10.9 Å². The zero-order valence-electron chi connectivity index (χ0n) is 12.4. The van der Waals surface area contributed by atoms with E-state index >= 15 is 0 Å². The van der Waals surface area contributed by atoms with Crippen molar-refractivity contribution in [2.45, 2.75) is 0 Å². The Balaban J connectivity index is 1.97. The van der Waals surface area contributed by atoms with E-state index in [9.17, 15) is 19.7 Å². The Hall–Kier alpha value is -4.06. The van der Waals surface area contributed by atoms with Crippen molar-refractivity contribution in [3.8, 4) is 6.07 Å². The summed E-state index contributed by atoms with van der Waals surface area (Å²) in [6.07, 6.45) is 0. The molecule has 0 atom stereocenters. The average Bonchev–Trinajstić information content (AvgIpc) is 2.60. The van der Waals surface area contributed by atoms with Crippen molar-refractivity contribution in [3.05, 3.63) is 74.3 Å². The van der Waals surface area contributed by atoms with Gasteiger partial charge < -0.3 is 9.73 Å². The number of carbonyl (C=O) groups excluding carboxylic acids is 1. The van der Waals surface area contributed by atoms with Crippen LogP contribution in [0.3, 0.4) is 0 Å². The number of aromatic nitrogens is 1. The van der Waals surface area contributed by atoms with Gasteiger partial charge in [-0.1, -0.05) is 6.07 Å². The number of pyridine rings is 1. The maximum absolute atomic E-state index is 12.3. The van der Waals surface area contributed by atoms with E-state index in [-0.39, 0.29) is 28.3 Å². The number of nitrogens with one attached hydrogen (secondary N) is 1. The number of nitro groups is 1. The summed E-state index contributed by atoms with van der Waals surface area (Å²) in [4.78, 5) is 38.3. The Kier molecular flexibility index (Phi) is 3.93. The lowest BCUT2D eigenvalue weighted by Crippen LogP contribution is -2.21. The summed E-state index contributed by atoms with van der Waals surface area (Å²) in [6, 6.07) is 11.3. The Morgan fingerprint density at radius 1 is 1.28 bits per heavy atom. The summed E-state index contributed by atoms with van der Waals surface area (Å²) in [5.41, 5.74) is -1.35. The number of nitro benzene ring substituents is 1. The van der Waals surface area contributed by atoms with Crippen molar-refractivity contribution >= 4 is 28.4 Å². The lowest BCUT2D eigenvalue weighted by molar-refractivity contribution is -0.384. The summed E-state index contributed by atoms with van der Waals surface area (Å²) >= 11 is 0. The van der Waals surface area contributed by atoms with E-state index in [4.69, 9.17) is 9.68 Å². The van der Waals surface area contributed by atoms with Gasteiger partial charge in [0.25, 0.3) is 11.6 Å². The van der Waals surface area contributed by atoms with Gasteiger partial charge in [-0.3, -0.25) is 14.9 Å². The molecule has 0 radical (unpaired) electrons. The third-order valence-electron chi connectivity index (χ3n) is 3.28. The first-order valence-corrected chi connectivity index (χ1v) is 6.89. The number of nitrogens with zero attached hydrogens (tertiary/aromatic N) is 3. The Labute approximate surface area is 139 Å². The van der Waals surface area contributed by atoms with Crippen LogP contribution in [0.1, 0.15) is 16.1 Å². The van der Waals surface area contributed by atoms with Crippen molar-refractivity contribution in [2.75, 3.05) is 5.32 Å². The molecule has 0 saturated heterocycles. The molecule has 9 nitrogen and oxygen atoms in total. The predicted molar refractivity (Wildman–Crippen MR) is 86.0 cm³/mol. The van der Waals surface area contributed by atoms with E-state index in [1.54, 1.807) is 0 Å². The standard InChI is InChI=1S/C16H8N4O5/c17-8-10-2-1-3-14(18-10)19-15(21)12-6-9-4-5-11(20(23)24)7-13(9)25-16(12)22/h1-7H,(H,18,19,21). The van der Waals surface area contributed by atoms with Crippen LogP contribution in [-0.4, -0.2) is 15.8 Å². The molecule has 2 heterocycles. The lowest BCUT2D eigenvalue weighted by atomic mass is 10.1. The van der Waals surface area contributed by atoms with Crippen molar-refractivity contribution < 1.29 is 14.1 Å². The molecule has 2 aromatic heterocycles. The fourth-order valence-corrected chi connectivity index (χ4v) is 2.12. The minimum Gasteiger partial charge on any atom is -0.422 e. The van der Waals surface area contributed by atoms with Gasteiger partial charge in [0.2, 0.25) is 0 Å². The molecule has 1 N–H and O–H groups in total. The zero-order chi connectivity index (χ0) is 18.0. The number of hydrogen-bond acceptors (Lipinski definition) is 7. The van der Waals surface area contributed by atoms with E-state index in [0.29, 0.717) is 5.39 Å². The molecular weight excluding hydrogens is 328 g/mol. The highest BCUT2D eigenvalue weighted by Gasteiger charge is 2.16. The molecule has 0 fully saturated rings. The molecule has 0 bridgehead atoms. The van der Waals surface area contributed by atoms with Gasteiger partial charge in [-0.15, -0.1) is 0 Å². The normalized spacial score (nSPS) is 10.2. The molecule has 0 saturated carbocycles. The van der Waals surface area contributed by atoms with Crippen LogP contribution in [-0.2, 0) is 0 Å². The van der Waals surface area contributed by atoms with Crippen LogP contribution in [0, 0.1) is 21.4 Å². The van der Waals surface area contributed by atoms with E-state index < -0.39 is 16.5 Å². The number of non-ortho nitro benzene ring substituents is 1. The second kappa shape index (κ2) is 6.21. The van der Waals surface area contributed by atoms with Gasteiger partial charge in [0.1, 0.15) is 28.7 Å². The molecule has 3 rings (SSSR count). The SMILES string of the molecule is N#Cc1cccc(NC(=O)c2cc3ccc([N+](=O)[O-])cc3oc2=O)n1. The van der Waals surface area contributed by atoms with Crippen molar-refractivity contribution in [1.82, 2.24) is 4.98 Å². The molecule has 0 aliphatic carbocycles. The third-order valence-corrected chi connectivity index (χ3v) is 3.28.